The summed E-state index contributed by atoms with van der Waals surface area (Å²) in [5.74, 6) is 0.163. The summed E-state index contributed by atoms with van der Waals surface area (Å²) in [6, 6.07) is 5.84. The second-order valence-electron chi connectivity index (χ2n) is 7.32. The van der Waals surface area contributed by atoms with Crippen molar-refractivity contribution in [3.8, 4) is 0 Å². The van der Waals surface area contributed by atoms with Crippen LogP contribution in [0.2, 0.25) is 0 Å². The van der Waals surface area contributed by atoms with Crippen LogP contribution in [0.1, 0.15) is 11.1 Å². The van der Waals surface area contributed by atoms with Crippen LogP contribution in [0.5, 0.6) is 0 Å². The number of primary amides is 1. The Kier molecular flexibility index (Phi) is 5.30. The molecule has 2 amide bonds. The fourth-order valence-electron chi connectivity index (χ4n) is 3.84. The molecule has 31 heavy (non-hydrogen) atoms. The number of piperazine rings is 1. The molecule has 0 radical (unpaired) electrons. The summed E-state index contributed by atoms with van der Waals surface area (Å²) < 4.78 is 66.3. The van der Waals surface area contributed by atoms with Crippen LogP contribution in [0.15, 0.2) is 41.4 Å². The number of hydrogen-bond donors (Lipinski definition) is 1. The van der Waals surface area contributed by atoms with Crippen molar-refractivity contribution in [2.75, 3.05) is 42.5 Å². The molecule has 4 rings (SSSR count). The fourth-order valence-corrected chi connectivity index (χ4v) is 5.32. The maximum Gasteiger partial charge on any atom is 0.416 e. The van der Waals surface area contributed by atoms with E-state index in [-0.39, 0.29) is 36.9 Å². The number of alkyl halides is 3. The van der Waals surface area contributed by atoms with Gasteiger partial charge in [0.2, 0.25) is 10.0 Å². The first-order valence-corrected chi connectivity index (χ1v) is 11.0. The molecule has 0 spiro atoms. The third-order valence-corrected chi connectivity index (χ3v) is 7.38. The number of fused-ring (bicyclic) bond motifs is 1. The third-order valence-electron chi connectivity index (χ3n) is 5.49. The molecule has 166 valence electrons. The summed E-state index contributed by atoms with van der Waals surface area (Å²) in [4.78, 5) is 18.6. The van der Waals surface area contributed by atoms with Crippen LogP contribution >= 0.6 is 0 Å². The van der Waals surface area contributed by atoms with Crippen molar-refractivity contribution in [2.45, 2.75) is 17.5 Å². The molecule has 1 fully saturated rings. The highest BCUT2D eigenvalue weighted by Crippen LogP contribution is 2.32. The molecule has 2 aliphatic rings. The lowest BCUT2D eigenvalue weighted by Crippen LogP contribution is -2.49. The number of rotatable bonds is 3. The van der Waals surface area contributed by atoms with Gasteiger partial charge < -0.3 is 10.6 Å². The van der Waals surface area contributed by atoms with Gasteiger partial charge in [-0.25, -0.2) is 18.2 Å². The summed E-state index contributed by atoms with van der Waals surface area (Å²) in [5.41, 5.74) is 5.87. The highest BCUT2D eigenvalue weighted by molar-refractivity contribution is 7.89. The van der Waals surface area contributed by atoms with E-state index in [0.29, 0.717) is 18.7 Å². The maximum absolute atomic E-state index is 13.1. The number of carbonyl (C=O) groups is 1. The van der Waals surface area contributed by atoms with Crippen LogP contribution < -0.4 is 15.5 Å². The Morgan fingerprint density at radius 1 is 1.03 bits per heavy atom. The van der Waals surface area contributed by atoms with E-state index < -0.39 is 27.8 Å². The van der Waals surface area contributed by atoms with Crippen molar-refractivity contribution < 1.29 is 26.4 Å². The van der Waals surface area contributed by atoms with E-state index in [1.165, 1.54) is 15.3 Å². The third kappa shape index (κ3) is 4.04. The predicted molar refractivity (Wildman–Crippen MR) is 107 cm³/mol. The summed E-state index contributed by atoms with van der Waals surface area (Å²) in [6.07, 6.45) is -2.86. The molecule has 0 aliphatic carbocycles. The minimum absolute atomic E-state index is 0.114. The van der Waals surface area contributed by atoms with Gasteiger partial charge in [-0.15, -0.1) is 0 Å². The molecule has 2 aromatic rings. The largest absolute Gasteiger partial charge is 0.416 e. The zero-order valence-corrected chi connectivity index (χ0v) is 17.2. The van der Waals surface area contributed by atoms with E-state index in [1.807, 2.05) is 0 Å². The Morgan fingerprint density at radius 3 is 2.39 bits per heavy atom. The zero-order valence-electron chi connectivity index (χ0n) is 16.3. The maximum atomic E-state index is 13.1. The number of sulfonamides is 1. The molecule has 8 nitrogen and oxygen atoms in total. The van der Waals surface area contributed by atoms with Gasteiger partial charge >= 0.3 is 12.2 Å². The highest BCUT2D eigenvalue weighted by atomic mass is 32.2. The first-order valence-electron chi connectivity index (χ1n) is 9.55. The molecule has 12 heteroatoms. The number of carbonyl (C=O) groups excluding carboxylic acids is 1. The van der Waals surface area contributed by atoms with Crippen molar-refractivity contribution in [2.24, 2.45) is 5.73 Å². The van der Waals surface area contributed by atoms with Crippen molar-refractivity contribution in [3.63, 3.8) is 0 Å². The SMILES string of the molecule is NC(=O)N1CCc2cc(S(=O)(=O)N3CCN(c4cc(C(F)(F)F)ccn4)CC3)ccc21. The lowest BCUT2D eigenvalue weighted by Gasteiger charge is -2.34. The van der Waals surface area contributed by atoms with Crippen LogP contribution in [-0.2, 0) is 22.6 Å². The minimum Gasteiger partial charge on any atom is -0.354 e. The van der Waals surface area contributed by atoms with Gasteiger partial charge in [0.05, 0.1) is 10.5 Å². The van der Waals surface area contributed by atoms with Crippen molar-refractivity contribution in [1.82, 2.24) is 9.29 Å². The van der Waals surface area contributed by atoms with Crippen molar-refractivity contribution >= 4 is 27.6 Å². The lowest BCUT2D eigenvalue weighted by atomic mass is 10.2. The topological polar surface area (TPSA) is 99.8 Å². The van der Waals surface area contributed by atoms with Gasteiger partial charge in [0, 0.05) is 44.6 Å². The van der Waals surface area contributed by atoms with E-state index in [9.17, 15) is 26.4 Å². The normalized spacial score (nSPS) is 17.6. The fraction of sp³-hybridized carbons (Fsp3) is 0.368. The Hall–Kier alpha value is -2.86. The Balaban J connectivity index is 1.48. The lowest BCUT2D eigenvalue weighted by molar-refractivity contribution is -0.137. The summed E-state index contributed by atoms with van der Waals surface area (Å²) in [7, 11) is -3.79. The number of nitrogens with zero attached hydrogens (tertiary/aromatic N) is 4. The number of anilines is 2. The molecule has 2 aliphatic heterocycles. The van der Waals surface area contributed by atoms with E-state index in [4.69, 9.17) is 5.73 Å². The van der Waals surface area contributed by atoms with Crippen LogP contribution in [0, 0.1) is 0 Å². The summed E-state index contributed by atoms with van der Waals surface area (Å²) in [6.45, 7) is 1.06. The highest BCUT2D eigenvalue weighted by Gasteiger charge is 2.33. The van der Waals surface area contributed by atoms with E-state index in [2.05, 4.69) is 4.98 Å². The second kappa shape index (κ2) is 7.68. The second-order valence-corrected chi connectivity index (χ2v) is 9.26. The predicted octanol–water partition coefficient (Wildman–Crippen LogP) is 2.05. The van der Waals surface area contributed by atoms with Crippen molar-refractivity contribution in [3.05, 3.63) is 47.7 Å². The van der Waals surface area contributed by atoms with Crippen LogP contribution in [-0.4, -0.2) is 56.5 Å². The number of urea groups is 1. The Bertz CT molecular complexity index is 1120. The van der Waals surface area contributed by atoms with Gasteiger partial charge in [-0.3, -0.25) is 4.90 Å². The molecule has 3 heterocycles. The number of hydrogen-bond acceptors (Lipinski definition) is 5. The van der Waals surface area contributed by atoms with Gasteiger partial charge in [-0.1, -0.05) is 0 Å². The minimum atomic E-state index is -4.47. The molecule has 0 unspecified atom stereocenters. The average molecular weight is 455 g/mol. The molecule has 0 saturated carbocycles. The van der Waals surface area contributed by atoms with E-state index in [0.717, 1.165) is 23.9 Å². The molecule has 1 aromatic heterocycles. The Morgan fingerprint density at radius 2 is 1.74 bits per heavy atom. The number of nitrogens with two attached hydrogens (primary N) is 1. The number of halogens is 3. The molecule has 1 saturated heterocycles. The van der Waals surface area contributed by atoms with Gasteiger partial charge in [0.15, 0.2) is 0 Å². The summed E-state index contributed by atoms with van der Waals surface area (Å²) in [5, 5.41) is 0. The van der Waals surface area contributed by atoms with Gasteiger partial charge in [-0.2, -0.15) is 17.5 Å². The zero-order chi connectivity index (χ0) is 22.4. The van der Waals surface area contributed by atoms with Crippen molar-refractivity contribution in [1.29, 1.82) is 0 Å². The molecule has 1 aromatic carbocycles. The first kappa shape index (κ1) is 21.4. The standard InChI is InChI=1S/C19H20F3N5O3S/c20-19(21,22)14-3-5-24-17(12-14)25-7-9-26(10-8-25)31(29,30)15-1-2-16-13(11-15)4-6-27(16)18(23)28/h1-3,5,11-12H,4,6-10H2,(H2,23,28). The first-order chi connectivity index (χ1) is 14.6. The van der Waals surface area contributed by atoms with E-state index >= 15 is 0 Å². The number of aromatic nitrogens is 1. The molecule has 2 N–H and O–H groups in total. The molecular formula is C19H20F3N5O3S. The van der Waals surface area contributed by atoms with Crippen LogP contribution in [0.3, 0.4) is 0 Å². The van der Waals surface area contributed by atoms with Crippen LogP contribution in [0.25, 0.3) is 0 Å². The molecule has 0 bridgehead atoms. The van der Waals surface area contributed by atoms with Crippen LogP contribution in [0.4, 0.5) is 29.5 Å². The van der Waals surface area contributed by atoms with Gasteiger partial charge in [0.1, 0.15) is 5.82 Å². The smallest absolute Gasteiger partial charge is 0.354 e. The monoisotopic (exact) mass is 455 g/mol. The Labute approximate surface area is 177 Å². The number of pyridine rings is 1. The molecule has 0 atom stereocenters. The molecular weight excluding hydrogens is 435 g/mol. The van der Waals surface area contributed by atoms with Gasteiger partial charge in [-0.05, 0) is 42.3 Å². The summed E-state index contributed by atoms with van der Waals surface area (Å²) >= 11 is 0. The number of benzene rings is 1. The van der Waals surface area contributed by atoms with Gasteiger partial charge in [0.25, 0.3) is 0 Å². The quantitative estimate of drug-likeness (QED) is 0.764. The number of amides is 2. The van der Waals surface area contributed by atoms with E-state index in [1.54, 1.807) is 17.0 Å². The average Bonchev–Trinajstić information content (AvgIpc) is 3.17.